The lowest BCUT2D eigenvalue weighted by Crippen LogP contribution is -2.10. The summed E-state index contributed by atoms with van der Waals surface area (Å²) in [5, 5.41) is 25.4. The molecule has 4 N–H and O–H groups in total. The highest BCUT2D eigenvalue weighted by molar-refractivity contribution is 5.54. The van der Waals surface area contributed by atoms with Gasteiger partial charge in [0, 0.05) is 0 Å². The number of anilines is 2. The van der Waals surface area contributed by atoms with Crippen LogP contribution < -0.4 is 11.1 Å². The van der Waals surface area contributed by atoms with Gasteiger partial charge in [0.15, 0.2) is 11.5 Å². The van der Waals surface area contributed by atoms with Crippen molar-refractivity contribution < 1.29 is 0 Å². The Hall–Kier alpha value is -2.69. The molecule has 8 heteroatoms. The third-order valence-corrected chi connectivity index (χ3v) is 2.15. The Balaban J connectivity index is 2.17. The fourth-order valence-corrected chi connectivity index (χ4v) is 1.28. The molecule has 2 rings (SSSR count). The molecule has 0 saturated carbocycles. The van der Waals surface area contributed by atoms with Crippen molar-refractivity contribution in [1.29, 1.82) is 5.26 Å². The molecule has 1 unspecified atom stereocenters. The molecule has 0 saturated heterocycles. The molecule has 0 aromatic carbocycles. The van der Waals surface area contributed by atoms with Crippen molar-refractivity contribution >= 4 is 11.5 Å². The Morgan fingerprint density at radius 3 is 3.00 bits per heavy atom. The van der Waals surface area contributed by atoms with E-state index in [9.17, 15) is 0 Å². The predicted molar refractivity (Wildman–Crippen MR) is 59.6 cm³/mol. The van der Waals surface area contributed by atoms with Crippen LogP contribution in [0, 0.1) is 11.3 Å². The van der Waals surface area contributed by atoms with Gasteiger partial charge in [0.25, 0.3) is 0 Å². The van der Waals surface area contributed by atoms with Crippen molar-refractivity contribution in [2.45, 2.75) is 13.0 Å². The number of hydrogen-bond donors (Lipinski definition) is 3. The first kappa shape index (κ1) is 10.8. The van der Waals surface area contributed by atoms with Gasteiger partial charge in [0.05, 0.1) is 11.7 Å². The lowest BCUT2D eigenvalue weighted by atomic mass is 10.3. The molecule has 0 aliphatic heterocycles. The molecule has 17 heavy (non-hydrogen) atoms. The van der Waals surface area contributed by atoms with Crippen molar-refractivity contribution in [2.24, 2.45) is 0 Å². The molecule has 1 atom stereocenters. The zero-order valence-electron chi connectivity index (χ0n) is 9.05. The lowest BCUT2D eigenvalue weighted by Gasteiger charge is -2.10. The zero-order valence-corrected chi connectivity index (χ0v) is 9.05. The van der Waals surface area contributed by atoms with Crippen LogP contribution in [0.4, 0.5) is 11.5 Å². The first-order valence-corrected chi connectivity index (χ1v) is 4.87. The highest BCUT2D eigenvalue weighted by Gasteiger charge is 2.11. The van der Waals surface area contributed by atoms with Gasteiger partial charge in [-0.3, -0.25) is 0 Å². The van der Waals surface area contributed by atoms with Crippen LogP contribution in [0.25, 0.3) is 0 Å². The molecule has 0 fully saturated rings. The van der Waals surface area contributed by atoms with E-state index in [2.05, 4.69) is 30.9 Å². The van der Waals surface area contributed by atoms with Crippen molar-refractivity contribution in [1.82, 2.24) is 25.6 Å². The summed E-state index contributed by atoms with van der Waals surface area (Å²) in [6.45, 7) is 1.86. The number of pyridine rings is 1. The van der Waals surface area contributed by atoms with Gasteiger partial charge in [-0.25, -0.2) is 4.98 Å². The second-order valence-electron chi connectivity index (χ2n) is 3.38. The number of aromatic amines is 1. The minimum absolute atomic E-state index is 0.170. The minimum Gasteiger partial charge on any atom is -0.396 e. The first-order chi connectivity index (χ1) is 8.20. The summed E-state index contributed by atoms with van der Waals surface area (Å²) in [7, 11) is 0. The highest BCUT2D eigenvalue weighted by Crippen LogP contribution is 2.16. The standard InChI is InChI=1S/C9H10N8/c1-5(9-14-16-17-15-9)12-8-3-2-6(11)7(4-10)13-8/h2-3,5H,11H2,1H3,(H,12,13)(H,14,15,16,17). The van der Waals surface area contributed by atoms with Crippen LogP contribution in [0.15, 0.2) is 12.1 Å². The quantitative estimate of drug-likeness (QED) is 0.687. The number of rotatable bonds is 3. The van der Waals surface area contributed by atoms with Crippen LogP contribution >= 0.6 is 0 Å². The zero-order chi connectivity index (χ0) is 12.3. The van der Waals surface area contributed by atoms with Crippen LogP contribution in [0.3, 0.4) is 0 Å². The summed E-state index contributed by atoms with van der Waals surface area (Å²) in [5.74, 6) is 1.05. The molecule has 2 heterocycles. The smallest absolute Gasteiger partial charge is 0.196 e. The van der Waals surface area contributed by atoms with Gasteiger partial charge in [0.1, 0.15) is 11.9 Å². The average Bonchev–Trinajstić information content (AvgIpc) is 2.85. The molecule has 0 aliphatic rings. The Morgan fingerprint density at radius 1 is 1.53 bits per heavy atom. The van der Waals surface area contributed by atoms with Gasteiger partial charge in [-0.1, -0.05) is 5.21 Å². The second kappa shape index (κ2) is 4.44. The third kappa shape index (κ3) is 2.28. The number of nitrogens with two attached hydrogens (primary N) is 1. The van der Waals surface area contributed by atoms with E-state index in [1.54, 1.807) is 12.1 Å². The van der Waals surface area contributed by atoms with E-state index in [-0.39, 0.29) is 11.7 Å². The highest BCUT2D eigenvalue weighted by atomic mass is 15.5. The summed E-state index contributed by atoms with van der Waals surface area (Å²) >= 11 is 0. The summed E-state index contributed by atoms with van der Waals surface area (Å²) in [5.41, 5.74) is 6.12. The fourth-order valence-electron chi connectivity index (χ4n) is 1.28. The number of hydrogen-bond acceptors (Lipinski definition) is 7. The molecule has 8 nitrogen and oxygen atoms in total. The molecular formula is C9H10N8. The number of H-pyrrole nitrogens is 1. The van der Waals surface area contributed by atoms with Crippen molar-refractivity contribution in [3.8, 4) is 6.07 Å². The van der Waals surface area contributed by atoms with Gasteiger partial charge in [0.2, 0.25) is 0 Å². The normalized spacial score (nSPS) is 11.8. The molecule has 86 valence electrons. The number of tetrazole rings is 1. The average molecular weight is 230 g/mol. The summed E-state index contributed by atoms with van der Waals surface area (Å²) in [6, 6.07) is 5.06. The maximum Gasteiger partial charge on any atom is 0.196 e. The molecule has 0 spiro atoms. The van der Waals surface area contributed by atoms with E-state index >= 15 is 0 Å². The van der Waals surface area contributed by atoms with Crippen molar-refractivity contribution in [3.05, 3.63) is 23.7 Å². The van der Waals surface area contributed by atoms with Gasteiger partial charge in [-0.05, 0) is 19.1 Å². The first-order valence-electron chi connectivity index (χ1n) is 4.87. The molecule has 0 bridgehead atoms. The second-order valence-corrected chi connectivity index (χ2v) is 3.38. The largest absolute Gasteiger partial charge is 0.396 e. The van der Waals surface area contributed by atoms with Crippen LogP contribution in [-0.4, -0.2) is 25.6 Å². The summed E-state index contributed by atoms with van der Waals surface area (Å²) in [6.07, 6.45) is 0. The van der Waals surface area contributed by atoms with E-state index in [1.165, 1.54) is 0 Å². The Labute approximate surface area is 96.9 Å². The maximum absolute atomic E-state index is 8.80. The van der Waals surface area contributed by atoms with E-state index in [0.29, 0.717) is 17.3 Å². The monoisotopic (exact) mass is 230 g/mol. The van der Waals surface area contributed by atoms with E-state index < -0.39 is 0 Å². The van der Waals surface area contributed by atoms with Crippen molar-refractivity contribution in [2.75, 3.05) is 11.1 Å². The predicted octanol–water partition coefficient (Wildman–Crippen LogP) is 0.222. The lowest BCUT2D eigenvalue weighted by molar-refractivity contribution is 0.788. The molecule has 0 amide bonds. The number of nitrogens with one attached hydrogen (secondary N) is 2. The van der Waals surface area contributed by atoms with Gasteiger partial charge in [-0.2, -0.15) is 10.5 Å². The summed E-state index contributed by atoms with van der Waals surface area (Å²) < 4.78 is 0. The van der Waals surface area contributed by atoms with Crippen LogP contribution in [-0.2, 0) is 0 Å². The Morgan fingerprint density at radius 2 is 2.35 bits per heavy atom. The van der Waals surface area contributed by atoms with Crippen LogP contribution in [0.2, 0.25) is 0 Å². The maximum atomic E-state index is 8.80. The molecule has 2 aromatic rings. The topological polar surface area (TPSA) is 129 Å². The number of nitrogens with zero attached hydrogens (tertiary/aromatic N) is 5. The third-order valence-electron chi connectivity index (χ3n) is 2.15. The van der Waals surface area contributed by atoms with Gasteiger partial charge in [-0.15, -0.1) is 10.2 Å². The minimum atomic E-state index is -0.170. The molecule has 0 radical (unpaired) electrons. The summed E-state index contributed by atoms with van der Waals surface area (Å²) in [4.78, 5) is 4.06. The molecular weight excluding hydrogens is 220 g/mol. The van der Waals surface area contributed by atoms with Crippen molar-refractivity contribution in [3.63, 3.8) is 0 Å². The molecule has 2 aromatic heterocycles. The van der Waals surface area contributed by atoms with Crippen LogP contribution in [0.5, 0.6) is 0 Å². The SMILES string of the molecule is CC(Nc1ccc(N)c(C#N)n1)c1nn[nH]n1. The molecule has 0 aliphatic carbocycles. The number of nitriles is 1. The Bertz CT molecular complexity index is 541. The van der Waals surface area contributed by atoms with E-state index in [0.717, 1.165) is 0 Å². The fraction of sp³-hybridized carbons (Fsp3) is 0.222. The van der Waals surface area contributed by atoms with Crippen LogP contribution in [0.1, 0.15) is 24.5 Å². The van der Waals surface area contributed by atoms with E-state index in [4.69, 9.17) is 11.0 Å². The number of nitrogen functional groups attached to an aromatic ring is 1. The number of aromatic nitrogens is 5. The van der Waals surface area contributed by atoms with E-state index in [1.807, 2.05) is 13.0 Å². The Kier molecular flexibility index (Phi) is 2.83. The van der Waals surface area contributed by atoms with Gasteiger partial charge >= 0.3 is 0 Å². The van der Waals surface area contributed by atoms with Gasteiger partial charge < -0.3 is 11.1 Å².